The van der Waals surface area contributed by atoms with E-state index in [0.717, 1.165) is 47.4 Å². The molecule has 0 radical (unpaired) electrons. The van der Waals surface area contributed by atoms with Gasteiger partial charge in [0, 0.05) is 22.3 Å². The molecule has 0 spiro atoms. The molecule has 1 heterocycles. The van der Waals surface area contributed by atoms with E-state index >= 15 is 0 Å². The molecule has 0 saturated carbocycles. The summed E-state index contributed by atoms with van der Waals surface area (Å²) >= 11 is 3.51. The van der Waals surface area contributed by atoms with Gasteiger partial charge in [-0.25, -0.2) is 9.97 Å². The van der Waals surface area contributed by atoms with Crippen LogP contribution in [0.3, 0.4) is 0 Å². The fourth-order valence-corrected chi connectivity index (χ4v) is 3.01. The summed E-state index contributed by atoms with van der Waals surface area (Å²) in [5.41, 5.74) is 10.5. The highest BCUT2D eigenvalue weighted by Crippen LogP contribution is 2.18. The highest BCUT2D eigenvalue weighted by atomic mass is 79.9. The molecule has 3 nitrogen and oxygen atoms in total. The summed E-state index contributed by atoms with van der Waals surface area (Å²) in [7, 11) is 0. The maximum atomic E-state index is 5.73. The molecular weight excluding hydrogens is 326 g/mol. The number of halogens is 1. The number of hydrogen-bond acceptors (Lipinski definition) is 3. The Hall–Kier alpha value is -1.26. The van der Waals surface area contributed by atoms with Crippen molar-refractivity contribution >= 4 is 15.9 Å². The molecule has 0 aliphatic carbocycles. The summed E-state index contributed by atoms with van der Waals surface area (Å²) in [6.45, 7) is 4.93. The van der Waals surface area contributed by atoms with Crippen LogP contribution in [0.25, 0.3) is 0 Å². The number of nitrogens with two attached hydrogens (primary N) is 1. The Morgan fingerprint density at radius 3 is 2.29 bits per heavy atom. The standard InChI is InChI=1S/C17H22BrN3/c1-3-15-14(8-9-19)16(4-2)21-17(20-15)11-12-6-5-7-13(18)10-12/h5-7,10H,3-4,8-9,11,19H2,1-2H3. The van der Waals surface area contributed by atoms with Crippen LogP contribution in [0.5, 0.6) is 0 Å². The van der Waals surface area contributed by atoms with Crippen LogP contribution in [0, 0.1) is 0 Å². The lowest BCUT2D eigenvalue weighted by Gasteiger charge is -2.13. The van der Waals surface area contributed by atoms with Gasteiger partial charge in [-0.1, -0.05) is 41.9 Å². The zero-order valence-corrected chi connectivity index (χ0v) is 14.3. The van der Waals surface area contributed by atoms with Crippen molar-refractivity contribution in [3.8, 4) is 0 Å². The van der Waals surface area contributed by atoms with Gasteiger partial charge < -0.3 is 5.73 Å². The molecule has 0 aliphatic rings. The summed E-state index contributed by atoms with van der Waals surface area (Å²) in [5, 5.41) is 0. The average molecular weight is 348 g/mol. The lowest BCUT2D eigenvalue weighted by atomic mass is 10.0. The topological polar surface area (TPSA) is 51.8 Å². The van der Waals surface area contributed by atoms with Crippen LogP contribution in [0.15, 0.2) is 28.7 Å². The highest BCUT2D eigenvalue weighted by molar-refractivity contribution is 9.10. The normalized spacial score (nSPS) is 10.9. The molecule has 0 unspecified atom stereocenters. The smallest absolute Gasteiger partial charge is 0.133 e. The van der Waals surface area contributed by atoms with Crippen molar-refractivity contribution in [3.05, 3.63) is 57.1 Å². The Morgan fingerprint density at radius 1 is 1.10 bits per heavy atom. The Bertz CT molecular complexity index is 586. The van der Waals surface area contributed by atoms with Crippen molar-refractivity contribution in [1.82, 2.24) is 9.97 Å². The average Bonchev–Trinajstić information content (AvgIpc) is 2.48. The second kappa shape index (κ2) is 7.66. The summed E-state index contributed by atoms with van der Waals surface area (Å²) in [5.74, 6) is 0.905. The van der Waals surface area contributed by atoms with Crippen LogP contribution in [0.4, 0.5) is 0 Å². The van der Waals surface area contributed by atoms with Gasteiger partial charge in [-0.05, 0) is 49.1 Å². The van der Waals surface area contributed by atoms with Crippen molar-refractivity contribution in [2.24, 2.45) is 5.73 Å². The summed E-state index contributed by atoms with van der Waals surface area (Å²) in [4.78, 5) is 9.52. The van der Waals surface area contributed by atoms with E-state index in [0.29, 0.717) is 6.54 Å². The highest BCUT2D eigenvalue weighted by Gasteiger charge is 2.12. The summed E-state index contributed by atoms with van der Waals surface area (Å²) in [6, 6.07) is 8.31. The molecule has 0 atom stereocenters. The van der Waals surface area contributed by atoms with Crippen LogP contribution >= 0.6 is 15.9 Å². The third-order valence-electron chi connectivity index (χ3n) is 3.54. The maximum Gasteiger partial charge on any atom is 0.133 e. The first-order valence-corrected chi connectivity index (χ1v) is 8.29. The zero-order valence-electron chi connectivity index (χ0n) is 12.7. The van der Waals surface area contributed by atoms with E-state index in [1.807, 2.05) is 12.1 Å². The zero-order chi connectivity index (χ0) is 15.2. The molecule has 1 aromatic carbocycles. The fraction of sp³-hybridized carbons (Fsp3) is 0.412. The second-order valence-electron chi connectivity index (χ2n) is 5.06. The minimum absolute atomic E-state index is 0.647. The van der Waals surface area contributed by atoms with E-state index in [2.05, 4.69) is 41.9 Å². The Kier molecular flexibility index (Phi) is 5.88. The second-order valence-corrected chi connectivity index (χ2v) is 5.98. The Labute approximate surface area is 135 Å². The van der Waals surface area contributed by atoms with E-state index in [1.54, 1.807) is 0 Å². The van der Waals surface area contributed by atoms with Crippen molar-refractivity contribution < 1.29 is 0 Å². The summed E-state index contributed by atoms with van der Waals surface area (Å²) < 4.78 is 1.09. The van der Waals surface area contributed by atoms with Gasteiger partial charge in [-0.2, -0.15) is 0 Å². The van der Waals surface area contributed by atoms with Crippen molar-refractivity contribution in [1.29, 1.82) is 0 Å². The van der Waals surface area contributed by atoms with Crippen LogP contribution in [0.1, 0.15) is 42.2 Å². The molecule has 0 fully saturated rings. The number of aromatic nitrogens is 2. The Balaban J connectivity index is 2.36. The maximum absolute atomic E-state index is 5.73. The van der Waals surface area contributed by atoms with E-state index in [4.69, 9.17) is 15.7 Å². The molecule has 0 saturated heterocycles. The van der Waals surface area contributed by atoms with Crippen molar-refractivity contribution in [2.45, 2.75) is 39.5 Å². The van der Waals surface area contributed by atoms with Gasteiger partial charge >= 0.3 is 0 Å². The molecule has 21 heavy (non-hydrogen) atoms. The van der Waals surface area contributed by atoms with Gasteiger partial charge in [-0.15, -0.1) is 0 Å². The first-order valence-electron chi connectivity index (χ1n) is 7.50. The van der Waals surface area contributed by atoms with Crippen LogP contribution in [0.2, 0.25) is 0 Å². The lowest BCUT2D eigenvalue weighted by molar-refractivity contribution is 0.802. The summed E-state index contributed by atoms with van der Waals surface area (Å²) in [6.07, 6.45) is 3.48. The molecule has 0 amide bonds. The number of nitrogens with zero attached hydrogens (tertiary/aromatic N) is 2. The Morgan fingerprint density at radius 2 is 1.76 bits per heavy atom. The third kappa shape index (κ3) is 4.11. The van der Waals surface area contributed by atoms with Gasteiger partial charge in [0.25, 0.3) is 0 Å². The first-order chi connectivity index (χ1) is 10.2. The van der Waals surface area contributed by atoms with Crippen molar-refractivity contribution in [2.75, 3.05) is 6.54 Å². The minimum atomic E-state index is 0.647. The molecule has 1 aromatic heterocycles. The van der Waals surface area contributed by atoms with Crippen LogP contribution in [-0.4, -0.2) is 16.5 Å². The predicted molar refractivity (Wildman–Crippen MR) is 90.5 cm³/mol. The van der Waals surface area contributed by atoms with E-state index < -0.39 is 0 Å². The van der Waals surface area contributed by atoms with Gasteiger partial charge in [-0.3, -0.25) is 0 Å². The number of rotatable bonds is 6. The monoisotopic (exact) mass is 347 g/mol. The van der Waals surface area contributed by atoms with Gasteiger partial charge in [0.2, 0.25) is 0 Å². The lowest BCUT2D eigenvalue weighted by Crippen LogP contribution is -2.13. The molecule has 112 valence electrons. The molecule has 0 aliphatic heterocycles. The van der Waals surface area contributed by atoms with Crippen molar-refractivity contribution in [3.63, 3.8) is 0 Å². The van der Waals surface area contributed by atoms with Crippen LogP contribution in [-0.2, 0) is 25.7 Å². The van der Waals surface area contributed by atoms with E-state index in [-0.39, 0.29) is 0 Å². The number of benzene rings is 1. The van der Waals surface area contributed by atoms with E-state index in [1.165, 1.54) is 11.1 Å². The molecule has 2 aromatic rings. The quantitative estimate of drug-likeness (QED) is 0.870. The van der Waals surface area contributed by atoms with Gasteiger partial charge in [0.15, 0.2) is 0 Å². The molecule has 0 bridgehead atoms. The van der Waals surface area contributed by atoms with Gasteiger partial charge in [0.1, 0.15) is 5.82 Å². The predicted octanol–water partition coefficient (Wildman–Crippen LogP) is 3.46. The molecule has 2 N–H and O–H groups in total. The van der Waals surface area contributed by atoms with E-state index in [9.17, 15) is 0 Å². The fourth-order valence-electron chi connectivity index (χ4n) is 2.56. The largest absolute Gasteiger partial charge is 0.330 e. The number of aryl methyl sites for hydroxylation is 2. The number of hydrogen-bond donors (Lipinski definition) is 1. The SMILES string of the molecule is CCc1nc(Cc2cccc(Br)c2)nc(CC)c1CCN. The van der Waals surface area contributed by atoms with Gasteiger partial charge in [0.05, 0.1) is 0 Å². The molecule has 4 heteroatoms. The molecular formula is C17H22BrN3. The third-order valence-corrected chi connectivity index (χ3v) is 4.03. The minimum Gasteiger partial charge on any atom is -0.330 e. The molecule has 2 rings (SSSR count). The first kappa shape index (κ1) is 16.1. The van der Waals surface area contributed by atoms with Crippen LogP contribution < -0.4 is 5.73 Å².